The van der Waals surface area contributed by atoms with E-state index in [9.17, 15) is 0 Å². The Morgan fingerprint density at radius 3 is 2.52 bits per heavy atom. The fourth-order valence-corrected chi connectivity index (χ4v) is 3.72. The van der Waals surface area contributed by atoms with Crippen molar-refractivity contribution in [3.05, 3.63) is 66.5 Å². The quantitative estimate of drug-likeness (QED) is 0.356. The van der Waals surface area contributed by atoms with E-state index in [1.807, 2.05) is 19.2 Å². The molecule has 1 unspecified atom stereocenters. The number of rotatable bonds is 14. The summed E-state index contributed by atoms with van der Waals surface area (Å²) < 4.78 is 5.64. The van der Waals surface area contributed by atoms with Gasteiger partial charge in [-0.05, 0) is 89.6 Å². The third-order valence-corrected chi connectivity index (χ3v) is 5.74. The number of aromatic nitrogens is 1. The van der Waals surface area contributed by atoms with Crippen LogP contribution in [0.1, 0.15) is 31.5 Å². The zero-order chi connectivity index (χ0) is 22.6. The van der Waals surface area contributed by atoms with Crippen molar-refractivity contribution in [3.8, 4) is 5.75 Å². The van der Waals surface area contributed by atoms with Gasteiger partial charge in [0, 0.05) is 43.3 Å². The number of likely N-dealkylation sites (N-methyl/N-ethyl adjacent to an activating group) is 1. The van der Waals surface area contributed by atoms with Crippen LogP contribution in [0.4, 0.5) is 5.69 Å². The molecule has 0 aliphatic rings. The van der Waals surface area contributed by atoms with Crippen LogP contribution in [0.25, 0.3) is 0 Å². The number of nitrogens with one attached hydrogen (secondary N) is 1. The highest BCUT2D eigenvalue weighted by Gasteiger charge is 2.23. The SMILES string of the molecule is C=C[C@H](CCNCCN(C)C)C(C)N(Cc1cccnc1C)c1ccc(OCC)cc1. The fraction of sp³-hybridized carbons (Fsp3) is 0.500. The van der Waals surface area contributed by atoms with E-state index >= 15 is 0 Å². The van der Waals surface area contributed by atoms with E-state index in [0.29, 0.717) is 18.6 Å². The molecular formula is C26H40N4O. The Bertz CT molecular complexity index is 775. The number of anilines is 1. The standard InChI is InChI=1S/C26H40N4O/c1-7-23(15-17-27-18-19-29(5)6)22(4)30(20-24-10-9-16-28-21(24)3)25-11-13-26(14-12-25)31-8-2/h7,9-14,16,22-23,27H,1,8,15,17-20H2,2-6H3/t22?,23-/m1/s1. The van der Waals surface area contributed by atoms with E-state index in [-0.39, 0.29) is 0 Å². The minimum absolute atomic E-state index is 0.297. The number of pyridine rings is 1. The molecule has 2 atom stereocenters. The van der Waals surface area contributed by atoms with Crippen LogP contribution in [-0.4, -0.2) is 56.3 Å². The molecule has 1 aromatic carbocycles. The van der Waals surface area contributed by atoms with Crippen LogP contribution >= 0.6 is 0 Å². The van der Waals surface area contributed by atoms with Crippen molar-refractivity contribution < 1.29 is 4.74 Å². The summed E-state index contributed by atoms with van der Waals surface area (Å²) in [5, 5.41) is 3.56. The average Bonchev–Trinajstić information content (AvgIpc) is 2.76. The molecule has 1 N–H and O–H groups in total. The van der Waals surface area contributed by atoms with Crippen LogP contribution in [0, 0.1) is 12.8 Å². The van der Waals surface area contributed by atoms with Crippen molar-refractivity contribution in [2.24, 2.45) is 5.92 Å². The Hall–Kier alpha value is -2.37. The van der Waals surface area contributed by atoms with Crippen molar-refractivity contribution in [3.63, 3.8) is 0 Å². The number of nitrogens with zero attached hydrogens (tertiary/aromatic N) is 3. The van der Waals surface area contributed by atoms with Gasteiger partial charge in [0.2, 0.25) is 0 Å². The molecule has 0 saturated heterocycles. The third kappa shape index (κ3) is 8.00. The highest BCUT2D eigenvalue weighted by Crippen LogP contribution is 2.28. The molecule has 0 fully saturated rings. The van der Waals surface area contributed by atoms with Crippen molar-refractivity contribution in [1.82, 2.24) is 15.2 Å². The van der Waals surface area contributed by atoms with Gasteiger partial charge >= 0.3 is 0 Å². The lowest BCUT2D eigenvalue weighted by atomic mass is 9.94. The van der Waals surface area contributed by atoms with E-state index in [1.54, 1.807) is 0 Å². The van der Waals surface area contributed by atoms with Crippen molar-refractivity contribution in [2.75, 3.05) is 45.2 Å². The summed E-state index contributed by atoms with van der Waals surface area (Å²) in [5.74, 6) is 1.28. The molecule has 0 aliphatic carbocycles. The molecule has 0 amide bonds. The summed E-state index contributed by atoms with van der Waals surface area (Å²) >= 11 is 0. The first-order valence-corrected chi connectivity index (χ1v) is 11.3. The van der Waals surface area contributed by atoms with E-state index in [1.165, 1.54) is 11.3 Å². The monoisotopic (exact) mass is 424 g/mol. The summed E-state index contributed by atoms with van der Waals surface area (Å²) in [6.45, 7) is 15.1. The van der Waals surface area contributed by atoms with Crippen LogP contribution in [0.3, 0.4) is 0 Å². The van der Waals surface area contributed by atoms with Crippen molar-refractivity contribution in [2.45, 2.75) is 39.8 Å². The number of hydrogen-bond donors (Lipinski definition) is 1. The molecule has 2 rings (SSSR count). The molecule has 0 radical (unpaired) electrons. The highest BCUT2D eigenvalue weighted by atomic mass is 16.5. The maximum atomic E-state index is 5.64. The van der Waals surface area contributed by atoms with Gasteiger partial charge in [0.1, 0.15) is 5.75 Å². The second-order valence-corrected chi connectivity index (χ2v) is 8.28. The largest absolute Gasteiger partial charge is 0.494 e. The molecule has 2 aromatic rings. The summed E-state index contributed by atoms with van der Waals surface area (Å²) in [4.78, 5) is 9.16. The van der Waals surface area contributed by atoms with E-state index < -0.39 is 0 Å². The number of hydrogen-bond acceptors (Lipinski definition) is 5. The molecule has 1 aromatic heterocycles. The van der Waals surface area contributed by atoms with Gasteiger partial charge in [0.05, 0.1) is 6.61 Å². The molecule has 170 valence electrons. The van der Waals surface area contributed by atoms with E-state index in [0.717, 1.165) is 44.0 Å². The van der Waals surface area contributed by atoms with Crippen molar-refractivity contribution >= 4 is 5.69 Å². The number of ether oxygens (including phenoxy) is 1. The number of benzene rings is 1. The van der Waals surface area contributed by atoms with Gasteiger partial charge < -0.3 is 19.9 Å². The first kappa shape index (κ1) is 24.9. The maximum Gasteiger partial charge on any atom is 0.119 e. The topological polar surface area (TPSA) is 40.6 Å². The average molecular weight is 425 g/mol. The normalized spacial score (nSPS) is 13.1. The molecule has 0 spiro atoms. The highest BCUT2D eigenvalue weighted by molar-refractivity contribution is 5.51. The van der Waals surface area contributed by atoms with Crippen LogP contribution in [0.2, 0.25) is 0 Å². The van der Waals surface area contributed by atoms with Gasteiger partial charge in [-0.15, -0.1) is 6.58 Å². The Morgan fingerprint density at radius 2 is 1.90 bits per heavy atom. The first-order chi connectivity index (χ1) is 15.0. The van der Waals surface area contributed by atoms with Gasteiger partial charge in [-0.3, -0.25) is 4.98 Å². The summed E-state index contributed by atoms with van der Waals surface area (Å²) in [6.07, 6.45) is 5.02. The molecule has 0 aliphatic heterocycles. The van der Waals surface area contributed by atoms with Gasteiger partial charge in [0.25, 0.3) is 0 Å². The molecule has 1 heterocycles. The van der Waals surface area contributed by atoms with E-state index in [4.69, 9.17) is 4.74 Å². The molecular weight excluding hydrogens is 384 g/mol. The minimum Gasteiger partial charge on any atom is -0.494 e. The maximum absolute atomic E-state index is 5.64. The lowest BCUT2D eigenvalue weighted by Gasteiger charge is -2.36. The Balaban J connectivity index is 2.17. The van der Waals surface area contributed by atoms with Crippen LogP contribution in [-0.2, 0) is 6.54 Å². The molecule has 31 heavy (non-hydrogen) atoms. The second kappa shape index (κ2) is 13.1. The fourth-order valence-electron chi connectivity index (χ4n) is 3.72. The Morgan fingerprint density at radius 1 is 1.16 bits per heavy atom. The van der Waals surface area contributed by atoms with Gasteiger partial charge in [-0.25, -0.2) is 0 Å². The molecule has 0 saturated carbocycles. The molecule has 5 heteroatoms. The van der Waals surface area contributed by atoms with Crippen molar-refractivity contribution in [1.29, 1.82) is 0 Å². The van der Waals surface area contributed by atoms with Crippen LogP contribution in [0.15, 0.2) is 55.3 Å². The Labute approximate surface area is 189 Å². The summed E-state index contributed by atoms with van der Waals surface area (Å²) in [5.41, 5.74) is 3.51. The Kier molecular flexibility index (Phi) is 10.5. The predicted molar refractivity (Wildman–Crippen MR) is 132 cm³/mol. The lowest BCUT2D eigenvalue weighted by molar-refractivity contribution is 0.340. The predicted octanol–water partition coefficient (Wildman–Crippen LogP) is 4.53. The van der Waals surface area contributed by atoms with Gasteiger partial charge in [-0.2, -0.15) is 0 Å². The molecule has 0 bridgehead atoms. The molecule has 5 nitrogen and oxygen atoms in total. The number of aryl methyl sites for hydroxylation is 1. The van der Waals surface area contributed by atoms with E-state index in [2.05, 4.69) is 91.0 Å². The first-order valence-electron chi connectivity index (χ1n) is 11.3. The van der Waals surface area contributed by atoms with Crippen LogP contribution in [0.5, 0.6) is 5.75 Å². The second-order valence-electron chi connectivity index (χ2n) is 8.28. The summed E-state index contributed by atoms with van der Waals surface area (Å²) in [7, 11) is 4.21. The third-order valence-electron chi connectivity index (χ3n) is 5.74. The summed E-state index contributed by atoms with van der Waals surface area (Å²) in [6, 6.07) is 12.9. The minimum atomic E-state index is 0.297. The zero-order valence-corrected chi connectivity index (χ0v) is 20.0. The smallest absolute Gasteiger partial charge is 0.119 e. The lowest BCUT2D eigenvalue weighted by Crippen LogP contribution is -2.39. The van der Waals surface area contributed by atoms with Gasteiger partial charge in [0.15, 0.2) is 0 Å². The van der Waals surface area contributed by atoms with Gasteiger partial charge in [-0.1, -0.05) is 12.1 Å². The van der Waals surface area contributed by atoms with Crippen LogP contribution < -0.4 is 15.0 Å². The zero-order valence-electron chi connectivity index (χ0n) is 20.0.